The zero-order valence-electron chi connectivity index (χ0n) is 9.13. The van der Waals surface area contributed by atoms with Crippen LogP contribution in [0.1, 0.15) is 23.7 Å². The van der Waals surface area contributed by atoms with Crippen LogP contribution in [0.2, 0.25) is 0 Å². The second-order valence-corrected chi connectivity index (χ2v) is 3.95. The van der Waals surface area contributed by atoms with E-state index in [9.17, 15) is 9.18 Å². The monoisotopic (exact) mass is 223 g/mol. The highest BCUT2D eigenvalue weighted by Gasteiger charge is 2.17. The second-order valence-electron chi connectivity index (χ2n) is 3.95. The molecule has 1 fully saturated rings. The Kier molecular flexibility index (Phi) is 3.19. The number of carbonyl (C=O) groups is 1. The number of hydrogen-bond acceptors (Lipinski definition) is 3. The van der Waals surface area contributed by atoms with Crippen molar-refractivity contribution in [3.8, 4) is 0 Å². The van der Waals surface area contributed by atoms with Gasteiger partial charge in [0.1, 0.15) is 5.82 Å². The highest BCUT2D eigenvalue weighted by molar-refractivity contribution is 5.99. The number of benzene rings is 1. The summed E-state index contributed by atoms with van der Waals surface area (Å²) in [5.41, 5.74) is 1.08. The summed E-state index contributed by atoms with van der Waals surface area (Å²) in [6.45, 7) is 2.80. The van der Waals surface area contributed by atoms with Gasteiger partial charge in [-0.05, 0) is 31.5 Å². The van der Waals surface area contributed by atoms with E-state index in [4.69, 9.17) is 4.74 Å². The number of halogens is 1. The third-order valence-electron chi connectivity index (χ3n) is 2.65. The third kappa shape index (κ3) is 2.39. The summed E-state index contributed by atoms with van der Waals surface area (Å²) >= 11 is 0. The maximum atomic E-state index is 13.0. The van der Waals surface area contributed by atoms with Crippen molar-refractivity contribution in [2.45, 2.75) is 19.4 Å². The van der Waals surface area contributed by atoms with Crippen LogP contribution in [0.25, 0.3) is 0 Å². The van der Waals surface area contributed by atoms with Gasteiger partial charge >= 0.3 is 0 Å². The van der Waals surface area contributed by atoms with Crippen molar-refractivity contribution >= 4 is 11.5 Å². The molecule has 1 aromatic rings. The summed E-state index contributed by atoms with van der Waals surface area (Å²) in [5.74, 6) is -0.528. The molecule has 3 nitrogen and oxygen atoms in total. The number of hydrogen-bond donors (Lipinski definition) is 1. The van der Waals surface area contributed by atoms with Gasteiger partial charge in [-0.2, -0.15) is 0 Å². The number of ketones is 1. The molecule has 2 rings (SSSR count). The Morgan fingerprint density at radius 3 is 3.00 bits per heavy atom. The fourth-order valence-corrected chi connectivity index (χ4v) is 1.80. The molecule has 1 aromatic carbocycles. The fourth-order valence-electron chi connectivity index (χ4n) is 1.80. The second kappa shape index (κ2) is 4.61. The Morgan fingerprint density at radius 1 is 1.56 bits per heavy atom. The lowest BCUT2D eigenvalue weighted by molar-refractivity contribution is 0.101. The zero-order valence-corrected chi connectivity index (χ0v) is 9.13. The van der Waals surface area contributed by atoms with Crippen molar-refractivity contribution in [2.75, 3.05) is 18.5 Å². The van der Waals surface area contributed by atoms with Gasteiger partial charge in [0.2, 0.25) is 0 Å². The van der Waals surface area contributed by atoms with Crippen LogP contribution in [0.5, 0.6) is 0 Å². The molecule has 1 atom stereocenters. The van der Waals surface area contributed by atoms with Crippen LogP contribution < -0.4 is 5.32 Å². The van der Waals surface area contributed by atoms with Crippen molar-refractivity contribution < 1.29 is 13.9 Å². The highest BCUT2D eigenvalue weighted by Crippen LogP contribution is 2.20. The van der Waals surface area contributed by atoms with Crippen molar-refractivity contribution in [2.24, 2.45) is 0 Å². The standard InChI is InChI=1S/C12H14FNO2/c1-8(15)11-6-9(13)2-3-12(11)14-10-4-5-16-7-10/h2-3,6,10,14H,4-5,7H2,1H3. The molecule has 86 valence electrons. The minimum Gasteiger partial charge on any atom is -0.379 e. The Balaban J connectivity index is 2.21. The van der Waals surface area contributed by atoms with Crippen LogP contribution in [0.4, 0.5) is 10.1 Å². The number of carbonyl (C=O) groups excluding carboxylic acids is 1. The van der Waals surface area contributed by atoms with Crippen molar-refractivity contribution in [3.05, 3.63) is 29.6 Å². The number of Topliss-reactive ketones (excluding diaryl/α,β-unsaturated/α-hetero) is 1. The smallest absolute Gasteiger partial charge is 0.161 e. The van der Waals surface area contributed by atoms with Crippen LogP contribution in [0, 0.1) is 5.82 Å². The van der Waals surface area contributed by atoms with Gasteiger partial charge < -0.3 is 10.1 Å². The lowest BCUT2D eigenvalue weighted by Crippen LogP contribution is -2.20. The topological polar surface area (TPSA) is 38.3 Å². The van der Waals surface area contributed by atoms with Gasteiger partial charge in [0.05, 0.1) is 12.6 Å². The molecule has 16 heavy (non-hydrogen) atoms. The minimum absolute atomic E-state index is 0.138. The largest absolute Gasteiger partial charge is 0.379 e. The molecule has 0 radical (unpaired) electrons. The molecule has 1 aliphatic rings. The van der Waals surface area contributed by atoms with E-state index in [-0.39, 0.29) is 11.8 Å². The molecule has 1 heterocycles. The molecule has 0 saturated carbocycles. The van der Waals surface area contributed by atoms with E-state index < -0.39 is 5.82 Å². The summed E-state index contributed by atoms with van der Waals surface area (Å²) in [5, 5.41) is 3.21. The van der Waals surface area contributed by atoms with Crippen LogP contribution in [-0.4, -0.2) is 25.0 Å². The lowest BCUT2D eigenvalue weighted by atomic mass is 10.1. The maximum Gasteiger partial charge on any atom is 0.161 e. The summed E-state index contributed by atoms with van der Waals surface area (Å²) in [4.78, 5) is 11.4. The Morgan fingerprint density at radius 2 is 2.38 bits per heavy atom. The molecule has 0 amide bonds. The SMILES string of the molecule is CC(=O)c1cc(F)ccc1NC1CCOC1. The Hall–Kier alpha value is -1.42. The summed E-state index contributed by atoms with van der Waals surface area (Å²) in [7, 11) is 0. The first kappa shape index (κ1) is 11.1. The molecule has 1 unspecified atom stereocenters. The van der Waals surface area contributed by atoms with Gasteiger partial charge in [-0.1, -0.05) is 0 Å². The van der Waals surface area contributed by atoms with E-state index in [0.717, 1.165) is 13.0 Å². The normalized spacial score (nSPS) is 19.8. The maximum absolute atomic E-state index is 13.0. The van der Waals surface area contributed by atoms with Crippen LogP contribution in [0.15, 0.2) is 18.2 Å². The van der Waals surface area contributed by atoms with E-state index in [1.54, 1.807) is 6.07 Å². The number of rotatable bonds is 3. The lowest BCUT2D eigenvalue weighted by Gasteiger charge is -2.14. The van der Waals surface area contributed by atoms with E-state index >= 15 is 0 Å². The summed E-state index contributed by atoms with van der Waals surface area (Å²) in [6, 6.07) is 4.43. The Labute approximate surface area is 93.6 Å². The summed E-state index contributed by atoms with van der Waals surface area (Å²) < 4.78 is 18.2. The quantitative estimate of drug-likeness (QED) is 0.798. The first-order valence-electron chi connectivity index (χ1n) is 5.31. The average molecular weight is 223 g/mol. The summed E-state index contributed by atoms with van der Waals surface area (Å²) in [6.07, 6.45) is 0.911. The van der Waals surface area contributed by atoms with Gasteiger partial charge in [0.25, 0.3) is 0 Å². The third-order valence-corrected chi connectivity index (χ3v) is 2.65. The molecule has 1 saturated heterocycles. The molecule has 1 N–H and O–H groups in total. The van der Waals surface area contributed by atoms with Crippen molar-refractivity contribution in [1.82, 2.24) is 0 Å². The first-order valence-corrected chi connectivity index (χ1v) is 5.31. The molecule has 1 aliphatic heterocycles. The van der Waals surface area contributed by atoms with Crippen LogP contribution in [-0.2, 0) is 4.74 Å². The van der Waals surface area contributed by atoms with E-state index in [2.05, 4.69) is 5.32 Å². The molecule has 0 spiro atoms. The molecule has 0 aliphatic carbocycles. The first-order chi connectivity index (χ1) is 7.66. The van der Waals surface area contributed by atoms with Gasteiger partial charge in [-0.3, -0.25) is 4.79 Å². The predicted molar refractivity (Wildman–Crippen MR) is 59.3 cm³/mol. The molecule has 0 bridgehead atoms. The average Bonchev–Trinajstić information content (AvgIpc) is 2.73. The number of nitrogens with one attached hydrogen (secondary N) is 1. The van der Waals surface area contributed by atoms with Gasteiger partial charge in [0.15, 0.2) is 5.78 Å². The number of anilines is 1. The fraction of sp³-hybridized carbons (Fsp3) is 0.417. The van der Waals surface area contributed by atoms with Crippen LogP contribution >= 0.6 is 0 Å². The molecular formula is C12H14FNO2. The molecule has 0 aromatic heterocycles. The van der Waals surface area contributed by atoms with E-state index in [1.807, 2.05) is 0 Å². The van der Waals surface area contributed by atoms with Gasteiger partial charge in [-0.15, -0.1) is 0 Å². The van der Waals surface area contributed by atoms with Crippen molar-refractivity contribution in [3.63, 3.8) is 0 Å². The van der Waals surface area contributed by atoms with Gasteiger partial charge in [0, 0.05) is 17.9 Å². The molecule has 4 heteroatoms. The van der Waals surface area contributed by atoms with E-state index in [0.29, 0.717) is 17.9 Å². The van der Waals surface area contributed by atoms with Gasteiger partial charge in [-0.25, -0.2) is 4.39 Å². The predicted octanol–water partition coefficient (Wildman–Crippen LogP) is 2.23. The zero-order chi connectivity index (χ0) is 11.5. The van der Waals surface area contributed by atoms with Crippen molar-refractivity contribution in [1.29, 1.82) is 0 Å². The van der Waals surface area contributed by atoms with Crippen LogP contribution in [0.3, 0.4) is 0 Å². The van der Waals surface area contributed by atoms with E-state index in [1.165, 1.54) is 19.1 Å². The highest BCUT2D eigenvalue weighted by atomic mass is 19.1. The number of ether oxygens (including phenoxy) is 1. The molecular weight excluding hydrogens is 209 g/mol. The minimum atomic E-state index is -0.390. The Bertz CT molecular complexity index is 400.